The smallest absolute Gasteiger partial charge is 0.187 e. The van der Waals surface area contributed by atoms with E-state index in [0.717, 1.165) is 6.42 Å². The molecule has 2 rings (SSSR count). The van der Waals surface area contributed by atoms with Crippen LogP contribution in [0.2, 0.25) is 0 Å². The summed E-state index contributed by atoms with van der Waals surface area (Å²) in [6.07, 6.45) is 3.04. The second kappa shape index (κ2) is 4.93. The highest BCUT2D eigenvalue weighted by molar-refractivity contribution is 5.78. The lowest BCUT2D eigenvalue weighted by Crippen LogP contribution is -2.37. The van der Waals surface area contributed by atoms with Gasteiger partial charge in [-0.2, -0.15) is 0 Å². The van der Waals surface area contributed by atoms with Crippen LogP contribution in [0.3, 0.4) is 0 Å². The molecule has 0 amide bonds. The maximum absolute atomic E-state index is 10.6. The highest BCUT2D eigenvalue weighted by Gasteiger charge is 2.33. The average Bonchev–Trinajstić information content (AvgIpc) is 2.26. The fraction of sp³-hybridized carbons (Fsp3) is 0.600. The van der Waals surface area contributed by atoms with Crippen molar-refractivity contribution in [1.82, 2.24) is 4.98 Å². The van der Waals surface area contributed by atoms with Gasteiger partial charge in [-0.25, -0.2) is 4.99 Å². The number of ether oxygens (including phenoxy) is 1. The number of aliphatic hydroxyl groups is 1. The van der Waals surface area contributed by atoms with Crippen LogP contribution in [0.5, 0.6) is 0 Å². The van der Waals surface area contributed by atoms with E-state index in [2.05, 4.69) is 23.8 Å². The average molecular weight is 262 g/mol. The number of aromatic nitrogens is 1. The molecule has 1 aromatic rings. The molecule has 0 aromatic carbocycles. The van der Waals surface area contributed by atoms with Crippen molar-refractivity contribution in [3.8, 4) is 0 Å². The molecule has 2 unspecified atom stereocenters. The molecule has 104 valence electrons. The molecule has 0 saturated carbocycles. The van der Waals surface area contributed by atoms with Gasteiger partial charge in [-0.1, -0.05) is 6.07 Å². The zero-order chi connectivity index (χ0) is 14.1. The Hall–Kier alpha value is -1.42. The van der Waals surface area contributed by atoms with Crippen LogP contribution in [0, 0.1) is 0 Å². The molecule has 0 spiro atoms. The molecule has 0 saturated heterocycles. The van der Waals surface area contributed by atoms with Crippen LogP contribution in [0.1, 0.15) is 46.2 Å². The van der Waals surface area contributed by atoms with E-state index in [-0.39, 0.29) is 11.6 Å². The summed E-state index contributed by atoms with van der Waals surface area (Å²) in [4.78, 5) is 8.79. The molecule has 0 radical (unpaired) electrons. The molecule has 4 nitrogen and oxygen atoms in total. The van der Waals surface area contributed by atoms with Crippen molar-refractivity contribution in [3.63, 3.8) is 0 Å². The predicted octanol–water partition coefficient (Wildman–Crippen LogP) is 2.67. The van der Waals surface area contributed by atoms with Crippen LogP contribution < -0.4 is 0 Å². The summed E-state index contributed by atoms with van der Waals surface area (Å²) in [5.41, 5.74) is -0.558. The summed E-state index contributed by atoms with van der Waals surface area (Å²) in [7, 11) is 0. The Bertz CT molecular complexity index is 466. The molecule has 2 atom stereocenters. The number of nitrogens with zero attached hydrogens (tertiary/aromatic N) is 2. The number of hydrogen-bond donors (Lipinski definition) is 1. The number of hydrogen-bond acceptors (Lipinski definition) is 4. The van der Waals surface area contributed by atoms with E-state index in [4.69, 9.17) is 4.74 Å². The lowest BCUT2D eigenvalue weighted by molar-refractivity contribution is 0.0451. The molecule has 1 N–H and O–H groups in total. The summed E-state index contributed by atoms with van der Waals surface area (Å²) < 4.78 is 5.74. The summed E-state index contributed by atoms with van der Waals surface area (Å²) in [5.74, 6) is 0.611. The zero-order valence-electron chi connectivity index (χ0n) is 12.1. The van der Waals surface area contributed by atoms with Gasteiger partial charge in [0.15, 0.2) is 5.90 Å². The SMILES string of the molecule is CC1CC(C)(C)N=C(CC(C)(O)c2ccccn2)O1. The van der Waals surface area contributed by atoms with Crippen LogP contribution in [0.15, 0.2) is 29.4 Å². The summed E-state index contributed by atoms with van der Waals surface area (Å²) >= 11 is 0. The van der Waals surface area contributed by atoms with Crippen molar-refractivity contribution in [1.29, 1.82) is 0 Å². The fourth-order valence-electron chi connectivity index (χ4n) is 2.53. The van der Waals surface area contributed by atoms with E-state index in [9.17, 15) is 5.11 Å². The summed E-state index contributed by atoms with van der Waals surface area (Å²) in [5, 5.41) is 10.6. The van der Waals surface area contributed by atoms with E-state index < -0.39 is 5.60 Å². The van der Waals surface area contributed by atoms with Crippen LogP contribution in [-0.2, 0) is 10.3 Å². The standard InChI is InChI=1S/C15H22N2O2/c1-11-9-14(2,3)17-13(19-11)10-15(4,18)12-7-5-6-8-16-12/h5-8,11,18H,9-10H2,1-4H3. The predicted molar refractivity (Wildman–Crippen MR) is 75.1 cm³/mol. The number of rotatable bonds is 3. The monoisotopic (exact) mass is 262 g/mol. The quantitative estimate of drug-likeness (QED) is 0.911. The van der Waals surface area contributed by atoms with Crippen molar-refractivity contribution < 1.29 is 9.84 Å². The lowest BCUT2D eigenvalue weighted by Gasteiger charge is -2.34. The van der Waals surface area contributed by atoms with Gasteiger partial charge in [-0.3, -0.25) is 4.98 Å². The molecule has 0 fully saturated rings. The van der Waals surface area contributed by atoms with Gasteiger partial charge in [0.05, 0.1) is 23.8 Å². The number of aliphatic imine (C=N–C) groups is 1. The van der Waals surface area contributed by atoms with Gasteiger partial charge in [0.25, 0.3) is 0 Å². The molecule has 1 aromatic heterocycles. The van der Waals surface area contributed by atoms with E-state index in [0.29, 0.717) is 18.0 Å². The molecule has 1 aliphatic heterocycles. The van der Waals surface area contributed by atoms with Crippen molar-refractivity contribution in [3.05, 3.63) is 30.1 Å². The van der Waals surface area contributed by atoms with Crippen molar-refractivity contribution >= 4 is 5.90 Å². The Morgan fingerprint density at radius 1 is 1.47 bits per heavy atom. The fourth-order valence-corrected chi connectivity index (χ4v) is 2.53. The van der Waals surface area contributed by atoms with Gasteiger partial charge >= 0.3 is 0 Å². The van der Waals surface area contributed by atoms with E-state index in [1.54, 1.807) is 13.1 Å². The molecular weight excluding hydrogens is 240 g/mol. The van der Waals surface area contributed by atoms with Gasteiger partial charge in [-0.05, 0) is 39.8 Å². The normalized spacial score (nSPS) is 25.1. The van der Waals surface area contributed by atoms with Crippen LogP contribution in [-0.4, -0.2) is 27.6 Å². The van der Waals surface area contributed by atoms with Gasteiger partial charge in [0.1, 0.15) is 5.60 Å². The van der Waals surface area contributed by atoms with Crippen LogP contribution in [0.4, 0.5) is 0 Å². The highest BCUT2D eigenvalue weighted by atomic mass is 16.5. The third-order valence-electron chi connectivity index (χ3n) is 3.26. The Labute approximate surface area is 114 Å². The first-order valence-corrected chi connectivity index (χ1v) is 6.68. The van der Waals surface area contributed by atoms with Crippen molar-refractivity contribution in [2.45, 2.75) is 57.8 Å². The second-order valence-electron chi connectivity index (χ2n) is 6.12. The first-order chi connectivity index (χ1) is 8.78. The Morgan fingerprint density at radius 3 is 2.79 bits per heavy atom. The molecule has 4 heteroatoms. The maximum Gasteiger partial charge on any atom is 0.187 e. The minimum atomic E-state index is -1.06. The minimum Gasteiger partial charge on any atom is -0.478 e. The Balaban J connectivity index is 2.19. The molecule has 0 bridgehead atoms. The van der Waals surface area contributed by atoms with Crippen molar-refractivity contribution in [2.24, 2.45) is 4.99 Å². The molecule has 19 heavy (non-hydrogen) atoms. The number of pyridine rings is 1. The van der Waals surface area contributed by atoms with Crippen LogP contribution >= 0.6 is 0 Å². The topological polar surface area (TPSA) is 54.7 Å². The van der Waals surface area contributed by atoms with Gasteiger partial charge in [0.2, 0.25) is 0 Å². The first-order valence-electron chi connectivity index (χ1n) is 6.68. The van der Waals surface area contributed by atoms with Crippen LogP contribution in [0.25, 0.3) is 0 Å². The summed E-state index contributed by atoms with van der Waals surface area (Å²) in [6, 6.07) is 5.52. The van der Waals surface area contributed by atoms with E-state index in [1.165, 1.54) is 0 Å². The zero-order valence-corrected chi connectivity index (χ0v) is 12.1. The minimum absolute atomic E-state index is 0.127. The Kier molecular flexibility index (Phi) is 3.63. The highest BCUT2D eigenvalue weighted by Crippen LogP contribution is 2.29. The Morgan fingerprint density at radius 2 is 2.21 bits per heavy atom. The third-order valence-corrected chi connectivity index (χ3v) is 3.26. The maximum atomic E-state index is 10.6. The summed E-state index contributed by atoms with van der Waals surface area (Å²) in [6.45, 7) is 7.95. The second-order valence-corrected chi connectivity index (χ2v) is 6.12. The largest absolute Gasteiger partial charge is 0.478 e. The molecular formula is C15H22N2O2. The van der Waals surface area contributed by atoms with Crippen molar-refractivity contribution in [2.75, 3.05) is 0 Å². The van der Waals surface area contributed by atoms with Gasteiger partial charge in [-0.15, -0.1) is 0 Å². The van der Waals surface area contributed by atoms with Gasteiger partial charge in [0, 0.05) is 12.6 Å². The van der Waals surface area contributed by atoms with Gasteiger partial charge < -0.3 is 9.84 Å². The third kappa shape index (κ3) is 3.53. The molecule has 2 heterocycles. The van der Waals surface area contributed by atoms with E-state index >= 15 is 0 Å². The first kappa shape index (κ1) is 14.0. The molecule has 0 aliphatic carbocycles. The van der Waals surface area contributed by atoms with E-state index in [1.807, 2.05) is 25.1 Å². The molecule has 1 aliphatic rings. The lowest BCUT2D eigenvalue weighted by atomic mass is 9.93.